The average molecular weight is 533 g/mol. The van der Waals surface area contributed by atoms with Crippen molar-refractivity contribution in [1.82, 2.24) is 20.2 Å². The van der Waals surface area contributed by atoms with Crippen molar-refractivity contribution in [2.24, 2.45) is 29.1 Å². The number of aromatic nitrogens is 2. The predicted octanol–water partition coefficient (Wildman–Crippen LogP) is 3.76. The van der Waals surface area contributed by atoms with E-state index in [1.165, 1.54) is 6.54 Å². The highest BCUT2D eigenvalue weighted by Crippen LogP contribution is 2.57. The SMILES string of the molecule is CC1(C)C(O)C(C2=CC(Cl)=C(C#N)CC2)C2C=CC(c3cnc(N4CC(CN5CCNCC5)C4)cn3)=CC21. The van der Waals surface area contributed by atoms with E-state index >= 15 is 0 Å². The average Bonchev–Trinajstić information content (AvgIpc) is 3.11. The molecule has 6 rings (SSSR count). The van der Waals surface area contributed by atoms with Gasteiger partial charge >= 0.3 is 0 Å². The fourth-order valence-electron chi connectivity index (χ4n) is 7.09. The second-order valence-corrected chi connectivity index (χ2v) is 12.5. The number of aliphatic hydroxyl groups excluding tert-OH is 1. The van der Waals surface area contributed by atoms with E-state index in [4.69, 9.17) is 21.6 Å². The van der Waals surface area contributed by atoms with Crippen LogP contribution in [0.1, 0.15) is 32.4 Å². The van der Waals surface area contributed by atoms with Gasteiger partial charge in [0.05, 0.1) is 35.3 Å². The summed E-state index contributed by atoms with van der Waals surface area (Å²) < 4.78 is 0. The number of hydrogen-bond acceptors (Lipinski definition) is 7. The predicted molar refractivity (Wildman–Crippen MR) is 150 cm³/mol. The quantitative estimate of drug-likeness (QED) is 0.597. The smallest absolute Gasteiger partial charge is 0.147 e. The summed E-state index contributed by atoms with van der Waals surface area (Å²) in [5.41, 5.74) is 3.42. The molecule has 2 saturated heterocycles. The lowest BCUT2D eigenvalue weighted by molar-refractivity contribution is 0.0443. The van der Waals surface area contributed by atoms with Crippen LogP contribution in [0, 0.1) is 40.4 Å². The van der Waals surface area contributed by atoms with E-state index in [9.17, 15) is 10.4 Å². The van der Waals surface area contributed by atoms with Crippen LogP contribution in [0.4, 0.5) is 5.82 Å². The van der Waals surface area contributed by atoms with Crippen molar-refractivity contribution >= 4 is 23.0 Å². The number of nitrogens with zero attached hydrogens (tertiary/aromatic N) is 5. The molecular weight excluding hydrogens is 496 g/mol. The second-order valence-electron chi connectivity index (χ2n) is 12.1. The van der Waals surface area contributed by atoms with Crippen LogP contribution in [0.2, 0.25) is 0 Å². The zero-order chi connectivity index (χ0) is 26.4. The molecule has 4 atom stereocenters. The molecule has 200 valence electrons. The lowest BCUT2D eigenvalue weighted by Gasteiger charge is -2.43. The van der Waals surface area contributed by atoms with Crippen LogP contribution in [0.3, 0.4) is 0 Å². The number of nitriles is 1. The van der Waals surface area contributed by atoms with E-state index in [0.717, 1.165) is 68.3 Å². The number of aliphatic hydroxyl groups is 1. The number of anilines is 1. The Kier molecular flexibility index (Phi) is 6.94. The molecule has 3 aliphatic carbocycles. The largest absolute Gasteiger partial charge is 0.392 e. The molecule has 2 N–H and O–H groups in total. The third kappa shape index (κ3) is 4.62. The molecule has 7 nitrogen and oxygen atoms in total. The third-order valence-electron chi connectivity index (χ3n) is 9.42. The minimum atomic E-state index is -0.494. The van der Waals surface area contributed by atoms with Crippen molar-refractivity contribution in [2.75, 3.05) is 50.7 Å². The van der Waals surface area contributed by atoms with Crippen molar-refractivity contribution in [1.29, 1.82) is 5.26 Å². The highest BCUT2D eigenvalue weighted by Gasteiger charge is 2.54. The minimum absolute atomic E-state index is 0.00735. The van der Waals surface area contributed by atoms with E-state index in [-0.39, 0.29) is 23.2 Å². The molecule has 0 spiro atoms. The van der Waals surface area contributed by atoms with Crippen molar-refractivity contribution in [3.05, 3.63) is 58.6 Å². The molecular formula is C30H37ClN6O. The molecule has 0 aromatic carbocycles. The summed E-state index contributed by atoms with van der Waals surface area (Å²) in [6.07, 6.45) is 13.3. The summed E-state index contributed by atoms with van der Waals surface area (Å²) >= 11 is 6.40. The van der Waals surface area contributed by atoms with Crippen LogP contribution >= 0.6 is 11.6 Å². The first-order chi connectivity index (χ1) is 18.3. The normalized spacial score (nSPS) is 31.4. The molecule has 5 aliphatic rings. The zero-order valence-corrected chi connectivity index (χ0v) is 23.0. The van der Waals surface area contributed by atoms with E-state index in [2.05, 4.69) is 53.3 Å². The standard InChI is InChI=1S/C30H37ClN6O/c1-30(2)24-11-20(5-6-23(24)28(29(30)38)21-3-4-22(13-32)25(31)12-21)26-14-35-27(15-34-26)37-17-19(18-37)16-36-9-7-33-8-10-36/h5-6,11-12,14-15,19,23-24,28-29,33,38H,3-4,7-10,16-18H2,1-2H3. The van der Waals surface area contributed by atoms with Gasteiger partial charge in [-0.15, -0.1) is 0 Å². The Bertz CT molecular complexity index is 1230. The lowest BCUT2D eigenvalue weighted by Crippen LogP contribution is -2.54. The van der Waals surface area contributed by atoms with E-state index in [0.29, 0.717) is 22.9 Å². The van der Waals surface area contributed by atoms with Crippen LogP contribution in [0.25, 0.3) is 5.57 Å². The van der Waals surface area contributed by atoms with E-state index in [1.54, 1.807) is 0 Å². The van der Waals surface area contributed by atoms with Gasteiger partial charge in [0.1, 0.15) is 5.82 Å². The molecule has 1 aromatic heterocycles. The molecule has 0 amide bonds. The minimum Gasteiger partial charge on any atom is -0.392 e. The van der Waals surface area contributed by atoms with Gasteiger partial charge in [0, 0.05) is 63.2 Å². The van der Waals surface area contributed by atoms with Gasteiger partial charge in [-0.3, -0.25) is 4.98 Å². The van der Waals surface area contributed by atoms with Gasteiger partial charge in [-0.25, -0.2) is 4.98 Å². The van der Waals surface area contributed by atoms with Gasteiger partial charge in [-0.1, -0.05) is 49.2 Å². The van der Waals surface area contributed by atoms with Crippen LogP contribution in [0.15, 0.2) is 52.9 Å². The highest BCUT2D eigenvalue weighted by molar-refractivity contribution is 6.32. The number of hydrogen-bond donors (Lipinski definition) is 2. The molecule has 3 heterocycles. The van der Waals surface area contributed by atoms with Crippen LogP contribution < -0.4 is 10.2 Å². The Labute approximate surface area is 230 Å². The Morgan fingerprint density at radius 3 is 2.66 bits per heavy atom. The van der Waals surface area contributed by atoms with Crippen molar-refractivity contribution in [2.45, 2.75) is 32.8 Å². The van der Waals surface area contributed by atoms with Gasteiger partial charge in [0.2, 0.25) is 0 Å². The lowest BCUT2D eigenvalue weighted by atomic mass is 9.74. The Balaban J connectivity index is 1.14. The van der Waals surface area contributed by atoms with Gasteiger partial charge in [-0.2, -0.15) is 5.26 Å². The van der Waals surface area contributed by atoms with Crippen molar-refractivity contribution in [3.63, 3.8) is 0 Å². The van der Waals surface area contributed by atoms with Gasteiger partial charge in [0.15, 0.2) is 0 Å². The van der Waals surface area contributed by atoms with Gasteiger partial charge in [0.25, 0.3) is 0 Å². The molecule has 8 heteroatoms. The molecule has 2 aliphatic heterocycles. The maximum absolute atomic E-state index is 11.5. The highest BCUT2D eigenvalue weighted by atomic mass is 35.5. The maximum Gasteiger partial charge on any atom is 0.147 e. The van der Waals surface area contributed by atoms with E-state index in [1.807, 2.05) is 18.5 Å². The molecule has 4 unspecified atom stereocenters. The summed E-state index contributed by atoms with van der Waals surface area (Å²) in [5.74, 6) is 2.00. The first-order valence-corrected chi connectivity index (χ1v) is 14.3. The zero-order valence-electron chi connectivity index (χ0n) is 22.3. The number of fused-ring (bicyclic) bond motifs is 1. The number of halogens is 1. The summed E-state index contributed by atoms with van der Waals surface area (Å²) in [6, 6.07) is 2.21. The Hall–Kier alpha value is -2.50. The van der Waals surface area contributed by atoms with E-state index < -0.39 is 6.10 Å². The summed E-state index contributed by atoms with van der Waals surface area (Å²) in [5, 5.41) is 24.7. The second kappa shape index (κ2) is 10.2. The summed E-state index contributed by atoms with van der Waals surface area (Å²) in [6.45, 7) is 12.1. The van der Waals surface area contributed by atoms with Gasteiger partial charge < -0.3 is 20.2 Å². The molecule has 0 radical (unpaired) electrons. The monoisotopic (exact) mass is 532 g/mol. The van der Waals surface area contributed by atoms with Crippen molar-refractivity contribution in [3.8, 4) is 6.07 Å². The maximum atomic E-state index is 11.5. The number of nitrogens with one attached hydrogen (secondary N) is 1. The van der Waals surface area contributed by atoms with Crippen LogP contribution in [0.5, 0.6) is 0 Å². The fourth-order valence-corrected chi connectivity index (χ4v) is 7.36. The number of rotatable bonds is 5. The molecule has 3 fully saturated rings. The summed E-state index contributed by atoms with van der Waals surface area (Å²) in [7, 11) is 0. The third-order valence-corrected chi connectivity index (χ3v) is 9.75. The summed E-state index contributed by atoms with van der Waals surface area (Å²) in [4.78, 5) is 14.4. The Morgan fingerprint density at radius 2 is 1.97 bits per heavy atom. The number of allylic oxidation sites excluding steroid dienone is 7. The number of piperazine rings is 1. The molecule has 1 saturated carbocycles. The topological polar surface area (TPSA) is 88.3 Å². The van der Waals surface area contributed by atoms with Crippen molar-refractivity contribution < 1.29 is 5.11 Å². The van der Waals surface area contributed by atoms with Crippen LogP contribution in [-0.2, 0) is 0 Å². The first-order valence-electron chi connectivity index (χ1n) is 13.9. The molecule has 1 aromatic rings. The fraction of sp³-hybridized carbons (Fsp3) is 0.567. The van der Waals surface area contributed by atoms with Crippen LogP contribution in [-0.4, -0.2) is 71.9 Å². The Morgan fingerprint density at radius 1 is 1.18 bits per heavy atom. The molecule has 0 bridgehead atoms. The first kappa shape index (κ1) is 25.8. The molecule has 38 heavy (non-hydrogen) atoms. The van der Waals surface area contributed by atoms with Gasteiger partial charge in [-0.05, 0) is 41.7 Å².